The van der Waals surface area contributed by atoms with Gasteiger partial charge in [-0.05, 0) is 43.3 Å². The lowest BCUT2D eigenvalue weighted by atomic mass is 10.1. The minimum absolute atomic E-state index is 0.0482. The van der Waals surface area contributed by atoms with E-state index in [0.717, 1.165) is 16.9 Å². The predicted molar refractivity (Wildman–Crippen MR) is 127 cm³/mol. The molecule has 0 spiro atoms. The Bertz CT molecular complexity index is 1420. The number of para-hydroxylation sites is 1. The molecule has 0 saturated carbocycles. The van der Waals surface area contributed by atoms with Crippen LogP contribution in [0.3, 0.4) is 0 Å². The van der Waals surface area contributed by atoms with Gasteiger partial charge in [0, 0.05) is 5.56 Å². The normalized spacial score (nSPS) is 11.5. The lowest BCUT2D eigenvalue weighted by Gasteiger charge is -2.03. The van der Waals surface area contributed by atoms with Crippen molar-refractivity contribution in [3.63, 3.8) is 0 Å². The monoisotopic (exact) mass is 459 g/mol. The summed E-state index contributed by atoms with van der Waals surface area (Å²) in [4.78, 5) is -0.0482. The van der Waals surface area contributed by atoms with Crippen molar-refractivity contribution in [2.24, 2.45) is 26.1 Å². The molecule has 4 rings (SSSR count). The number of sulfonamides is 1. The van der Waals surface area contributed by atoms with Gasteiger partial charge in [0.15, 0.2) is 0 Å². The van der Waals surface area contributed by atoms with Crippen LogP contribution in [-0.4, -0.2) is 24.2 Å². The Morgan fingerprint density at radius 3 is 2.06 bits per heavy atom. The molecule has 4 aromatic rings. The molecule has 0 amide bonds. The summed E-state index contributed by atoms with van der Waals surface area (Å²) in [6, 6.07) is 25.3. The molecule has 0 bridgehead atoms. The van der Waals surface area contributed by atoms with Crippen molar-refractivity contribution in [1.82, 2.24) is 9.78 Å². The largest absolute Gasteiger partial charge is 0.369 e. The maximum atomic E-state index is 12.1. The van der Waals surface area contributed by atoms with E-state index in [4.69, 9.17) is 16.6 Å². The van der Waals surface area contributed by atoms with Gasteiger partial charge in [-0.1, -0.05) is 48.5 Å². The molecule has 9 nitrogen and oxygen atoms in total. The number of hydrogen-bond acceptors (Lipinski definition) is 5. The first-order valence-corrected chi connectivity index (χ1v) is 11.4. The van der Waals surface area contributed by atoms with Gasteiger partial charge in [0.2, 0.25) is 5.96 Å². The fraction of sp³-hybridized carbons (Fsp3) is 0.0435. The van der Waals surface area contributed by atoms with Crippen LogP contribution in [0.2, 0.25) is 0 Å². The molecule has 0 fully saturated rings. The number of guanidine groups is 1. The topological polar surface area (TPSA) is 141 Å². The average Bonchev–Trinajstić information content (AvgIpc) is 3.14. The maximum absolute atomic E-state index is 12.1. The summed E-state index contributed by atoms with van der Waals surface area (Å²) >= 11 is 0. The molecular formula is C23H21N7O2S. The van der Waals surface area contributed by atoms with Gasteiger partial charge >= 0.3 is 0 Å². The van der Waals surface area contributed by atoms with Crippen LogP contribution in [-0.2, 0) is 10.0 Å². The second-order valence-corrected chi connectivity index (χ2v) is 8.69. The molecule has 0 unspecified atom stereocenters. The standard InChI is InChI=1S/C23H21N7O2S/c1-16-21(27-26-18-12-14-20(15-13-18)33(31,32)29-23(24)25)22(17-8-4-2-5-9-17)28-30(16)19-10-6-3-7-11-19/h2-15H,1H3,(H4,24,25,29). The highest BCUT2D eigenvalue weighted by Crippen LogP contribution is 2.35. The molecule has 166 valence electrons. The fourth-order valence-electron chi connectivity index (χ4n) is 3.21. The van der Waals surface area contributed by atoms with Crippen molar-refractivity contribution in [2.45, 2.75) is 11.8 Å². The van der Waals surface area contributed by atoms with Crippen LogP contribution in [0.15, 0.2) is 104 Å². The third-order valence-electron chi connectivity index (χ3n) is 4.76. The van der Waals surface area contributed by atoms with E-state index in [-0.39, 0.29) is 4.90 Å². The van der Waals surface area contributed by atoms with Gasteiger partial charge in [-0.2, -0.15) is 18.6 Å². The fourth-order valence-corrected chi connectivity index (χ4v) is 4.07. The van der Waals surface area contributed by atoms with Gasteiger partial charge in [0.05, 0.1) is 22.0 Å². The summed E-state index contributed by atoms with van der Waals surface area (Å²) in [5.41, 5.74) is 14.8. The van der Waals surface area contributed by atoms with Gasteiger partial charge in [-0.3, -0.25) is 0 Å². The van der Waals surface area contributed by atoms with E-state index in [9.17, 15) is 8.42 Å². The average molecular weight is 460 g/mol. The van der Waals surface area contributed by atoms with Gasteiger partial charge in [-0.25, -0.2) is 4.68 Å². The van der Waals surface area contributed by atoms with Crippen molar-refractivity contribution >= 4 is 27.4 Å². The molecule has 1 aromatic heterocycles. The highest BCUT2D eigenvalue weighted by Gasteiger charge is 2.17. The van der Waals surface area contributed by atoms with Gasteiger partial charge in [0.25, 0.3) is 10.0 Å². The third-order valence-corrected chi connectivity index (χ3v) is 6.08. The predicted octanol–water partition coefficient (Wildman–Crippen LogP) is 4.23. The number of aromatic nitrogens is 2. The van der Waals surface area contributed by atoms with Crippen LogP contribution in [0.4, 0.5) is 11.4 Å². The molecule has 0 aliphatic heterocycles. The Hall–Kier alpha value is -4.31. The number of hydrogen-bond donors (Lipinski definition) is 2. The van der Waals surface area contributed by atoms with Gasteiger partial charge in [0.1, 0.15) is 11.4 Å². The van der Waals surface area contributed by atoms with Crippen LogP contribution in [0.1, 0.15) is 5.69 Å². The van der Waals surface area contributed by atoms with E-state index in [1.54, 1.807) is 0 Å². The van der Waals surface area contributed by atoms with E-state index in [2.05, 4.69) is 14.6 Å². The highest BCUT2D eigenvalue weighted by atomic mass is 32.2. The summed E-state index contributed by atoms with van der Waals surface area (Å²) < 4.78 is 29.3. The van der Waals surface area contributed by atoms with Crippen LogP contribution >= 0.6 is 0 Å². The van der Waals surface area contributed by atoms with Crippen molar-refractivity contribution in [2.75, 3.05) is 0 Å². The molecule has 0 saturated heterocycles. The van der Waals surface area contributed by atoms with Crippen LogP contribution in [0.5, 0.6) is 0 Å². The zero-order valence-corrected chi connectivity index (χ0v) is 18.5. The summed E-state index contributed by atoms with van der Waals surface area (Å²) in [5.74, 6) is -0.530. The Morgan fingerprint density at radius 2 is 1.45 bits per heavy atom. The maximum Gasteiger partial charge on any atom is 0.285 e. The van der Waals surface area contributed by atoms with E-state index < -0.39 is 16.0 Å². The number of nitrogens with two attached hydrogens (primary N) is 2. The van der Waals surface area contributed by atoms with Crippen LogP contribution in [0, 0.1) is 6.92 Å². The van der Waals surface area contributed by atoms with Crippen LogP contribution < -0.4 is 11.5 Å². The molecule has 3 aromatic carbocycles. The lowest BCUT2D eigenvalue weighted by Crippen LogP contribution is -2.24. The van der Waals surface area contributed by atoms with E-state index >= 15 is 0 Å². The Morgan fingerprint density at radius 1 is 0.848 bits per heavy atom. The molecule has 0 aliphatic rings. The van der Waals surface area contributed by atoms with Crippen molar-refractivity contribution in [1.29, 1.82) is 0 Å². The summed E-state index contributed by atoms with van der Waals surface area (Å²) in [6.07, 6.45) is 0. The number of nitrogens with zero attached hydrogens (tertiary/aromatic N) is 5. The van der Waals surface area contributed by atoms with E-state index in [1.807, 2.05) is 72.3 Å². The number of azo groups is 1. The molecule has 4 N–H and O–H groups in total. The Kier molecular flexibility index (Phi) is 6.01. The van der Waals surface area contributed by atoms with Crippen molar-refractivity contribution in [3.8, 4) is 16.9 Å². The van der Waals surface area contributed by atoms with E-state index in [1.165, 1.54) is 24.3 Å². The first kappa shape index (κ1) is 21.9. The number of benzene rings is 3. The molecule has 0 atom stereocenters. The summed E-state index contributed by atoms with van der Waals surface area (Å²) in [6.45, 7) is 1.92. The zero-order valence-electron chi connectivity index (χ0n) is 17.7. The molecule has 0 radical (unpaired) electrons. The second kappa shape index (κ2) is 9.05. The summed E-state index contributed by atoms with van der Waals surface area (Å²) in [7, 11) is -3.97. The van der Waals surface area contributed by atoms with Crippen LogP contribution in [0.25, 0.3) is 16.9 Å². The highest BCUT2D eigenvalue weighted by molar-refractivity contribution is 7.90. The van der Waals surface area contributed by atoms with E-state index in [0.29, 0.717) is 17.1 Å². The molecular weight excluding hydrogens is 438 g/mol. The third kappa shape index (κ3) is 4.80. The van der Waals surface area contributed by atoms with Crippen molar-refractivity contribution in [3.05, 3.63) is 90.6 Å². The summed E-state index contributed by atoms with van der Waals surface area (Å²) in [5, 5.41) is 13.6. The molecule has 10 heteroatoms. The van der Waals surface area contributed by atoms with Crippen molar-refractivity contribution < 1.29 is 8.42 Å². The minimum atomic E-state index is -3.97. The number of rotatable bonds is 6. The SMILES string of the molecule is Cc1c(N=Nc2ccc(S(=O)(=O)N=C(N)N)cc2)c(-c2ccccc2)nn1-c1ccccc1. The Balaban J connectivity index is 1.73. The lowest BCUT2D eigenvalue weighted by molar-refractivity contribution is 0.598. The smallest absolute Gasteiger partial charge is 0.285 e. The molecule has 1 heterocycles. The zero-order chi connectivity index (χ0) is 23.4. The first-order valence-electron chi connectivity index (χ1n) is 9.93. The quantitative estimate of drug-likeness (QED) is 0.252. The molecule has 33 heavy (non-hydrogen) atoms. The molecule has 0 aliphatic carbocycles. The second-order valence-electron chi connectivity index (χ2n) is 7.08. The first-order chi connectivity index (χ1) is 15.8. The van der Waals surface area contributed by atoms with Gasteiger partial charge in [-0.15, -0.1) is 9.51 Å². The van der Waals surface area contributed by atoms with Gasteiger partial charge < -0.3 is 11.5 Å². The minimum Gasteiger partial charge on any atom is -0.369 e. The Labute approximate surface area is 191 Å².